The number of halogens is 2. The Kier molecular flexibility index (Phi) is 6.81. The van der Waals surface area contributed by atoms with Crippen LogP contribution in [-0.2, 0) is 27.7 Å². The summed E-state index contributed by atoms with van der Waals surface area (Å²) in [6.07, 6.45) is 1.74. The first-order valence-corrected chi connectivity index (χ1v) is 11.9. The zero-order chi connectivity index (χ0) is 24.5. The van der Waals surface area contributed by atoms with Gasteiger partial charge in [-0.2, -0.15) is 0 Å². The van der Waals surface area contributed by atoms with E-state index in [0.717, 1.165) is 27.9 Å². The van der Waals surface area contributed by atoms with Crippen LogP contribution in [0, 0.1) is 11.6 Å². The van der Waals surface area contributed by atoms with Crippen molar-refractivity contribution in [2.24, 2.45) is 0 Å². The predicted molar refractivity (Wildman–Crippen MR) is 112 cm³/mol. The summed E-state index contributed by atoms with van der Waals surface area (Å²) in [6, 6.07) is 2.25. The van der Waals surface area contributed by atoms with Crippen LogP contribution in [0.3, 0.4) is 0 Å². The standard InChI is InChI=1S/C20H22F2N4O6S/c1-25(15(27)10-33(2,31)32)14-4-3-7-26-18(14)24-16(17(28)20(26)30)19(29)23-9-11-5-6-12(21)13(22)8-11/h5-6,8,14,28H,3-4,7,9-10H2,1-2H3,(H,23,29). The molecule has 33 heavy (non-hydrogen) atoms. The van der Waals surface area contributed by atoms with Crippen molar-refractivity contribution in [3.63, 3.8) is 0 Å². The maximum atomic E-state index is 13.4. The number of hydrogen-bond donors (Lipinski definition) is 2. The summed E-state index contributed by atoms with van der Waals surface area (Å²) in [4.78, 5) is 43.0. The fourth-order valence-corrected chi connectivity index (χ4v) is 4.20. The largest absolute Gasteiger partial charge is 0.501 e. The van der Waals surface area contributed by atoms with E-state index < -0.39 is 62.1 Å². The Morgan fingerprint density at radius 2 is 2.00 bits per heavy atom. The topological polar surface area (TPSA) is 139 Å². The molecule has 0 bridgehead atoms. The summed E-state index contributed by atoms with van der Waals surface area (Å²) in [5.74, 6) is -5.38. The number of hydrogen-bond acceptors (Lipinski definition) is 7. The molecule has 2 amide bonds. The first-order chi connectivity index (χ1) is 15.4. The second kappa shape index (κ2) is 9.25. The van der Waals surface area contributed by atoms with Gasteiger partial charge in [-0.3, -0.25) is 19.0 Å². The lowest BCUT2D eigenvalue weighted by molar-refractivity contribution is -0.129. The van der Waals surface area contributed by atoms with Gasteiger partial charge >= 0.3 is 0 Å². The summed E-state index contributed by atoms with van der Waals surface area (Å²) in [5, 5.41) is 12.6. The lowest BCUT2D eigenvalue weighted by Crippen LogP contribution is -2.42. The fourth-order valence-electron chi connectivity index (χ4n) is 3.54. The Balaban J connectivity index is 1.90. The molecule has 1 aliphatic heterocycles. The van der Waals surface area contributed by atoms with E-state index in [9.17, 15) is 36.7 Å². The molecule has 178 valence electrons. The molecule has 2 N–H and O–H groups in total. The fraction of sp³-hybridized carbons (Fsp3) is 0.400. The molecule has 0 spiro atoms. The summed E-state index contributed by atoms with van der Waals surface area (Å²) < 4.78 is 50.6. The SMILES string of the molecule is CN(C(=O)CS(C)(=O)=O)C1CCCn2c1nc(C(=O)NCc1ccc(F)c(F)c1)c(O)c2=O. The van der Waals surface area contributed by atoms with Crippen molar-refractivity contribution >= 4 is 21.7 Å². The summed E-state index contributed by atoms with van der Waals surface area (Å²) >= 11 is 0. The average molecular weight is 484 g/mol. The van der Waals surface area contributed by atoms with Gasteiger partial charge in [-0.25, -0.2) is 22.2 Å². The van der Waals surface area contributed by atoms with Gasteiger partial charge in [-0.05, 0) is 30.5 Å². The zero-order valence-corrected chi connectivity index (χ0v) is 18.7. The average Bonchev–Trinajstić information content (AvgIpc) is 2.74. The molecule has 1 aromatic carbocycles. The number of benzene rings is 1. The second-order valence-corrected chi connectivity index (χ2v) is 9.93. The highest BCUT2D eigenvalue weighted by Gasteiger charge is 2.33. The van der Waals surface area contributed by atoms with E-state index in [1.54, 1.807) is 0 Å². The number of nitrogens with zero attached hydrogens (tertiary/aromatic N) is 3. The maximum Gasteiger partial charge on any atom is 0.296 e. The summed E-state index contributed by atoms with van der Waals surface area (Å²) in [7, 11) is -2.22. The van der Waals surface area contributed by atoms with Gasteiger partial charge in [-0.15, -0.1) is 0 Å². The first-order valence-electron chi connectivity index (χ1n) is 9.88. The van der Waals surface area contributed by atoms with E-state index >= 15 is 0 Å². The first kappa shape index (κ1) is 24.3. The molecular weight excluding hydrogens is 462 g/mol. The molecule has 0 saturated heterocycles. The van der Waals surface area contributed by atoms with Gasteiger partial charge in [0.05, 0.1) is 6.04 Å². The maximum absolute atomic E-state index is 13.4. The van der Waals surface area contributed by atoms with Crippen molar-refractivity contribution in [2.75, 3.05) is 19.1 Å². The quantitative estimate of drug-likeness (QED) is 0.609. The number of carbonyl (C=O) groups is 2. The molecule has 1 atom stereocenters. The number of carbonyl (C=O) groups excluding carboxylic acids is 2. The molecular formula is C20H22F2N4O6S. The molecule has 1 aliphatic rings. The van der Waals surface area contributed by atoms with Gasteiger partial charge in [0.1, 0.15) is 11.6 Å². The van der Waals surface area contributed by atoms with E-state index in [4.69, 9.17) is 0 Å². The van der Waals surface area contributed by atoms with Crippen LogP contribution < -0.4 is 10.9 Å². The highest BCUT2D eigenvalue weighted by molar-refractivity contribution is 7.91. The monoisotopic (exact) mass is 484 g/mol. The summed E-state index contributed by atoms with van der Waals surface area (Å²) in [5.41, 5.74) is -1.24. The van der Waals surface area contributed by atoms with E-state index in [1.165, 1.54) is 13.1 Å². The zero-order valence-electron chi connectivity index (χ0n) is 17.8. The van der Waals surface area contributed by atoms with Crippen LogP contribution in [0.2, 0.25) is 0 Å². The number of amides is 2. The van der Waals surface area contributed by atoms with Crippen LogP contribution in [0.1, 0.15) is 40.8 Å². The Morgan fingerprint density at radius 1 is 1.30 bits per heavy atom. The highest BCUT2D eigenvalue weighted by atomic mass is 32.2. The molecule has 0 fully saturated rings. The molecule has 13 heteroatoms. The van der Waals surface area contributed by atoms with Crippen molar-refractivity contribution in [3.8, 4) is 5.75 Å². The number of fused-ring (bicyclic) bond motifs is 1. The third-order valence-electron chi connectivity index (χ3n) is 5.23. The van der Waals surface area contributed by atoms with Crippen LogP contribution in [0.15, 0.2) is 23.0 Å². The molecule has 0 aliphatic carbocycles. The van der Waals surface area contributed by atoms with Crippen LogP contribution in [0.5, 0.6) is 5.75 Å². The van der Waals surface area contributed by atoms with Crippen molar-refractivity contribution in [2.45, 2.75) is 32.0 Å². The number of aromatic hydroxyl groups is 1. The van der Waals surface area contributed by atoms with Crippen molar-refractivity contribution in [1.82, 2.24) is 19.8 Å². The molecule has 2 aromatic rings. The van der Waals surface area contributed by atoms with Crippen LogP contribution in [-0.4, -0.2) is 58.8 Å². The predicted octanol–water partition coefficient (Wildman–Crippen LogP) is 0.495. The molecule has 1 aromatic heterocycles. The molecule has 3 rings (SSSR count). The minimum absolute atomic E-state index is 0.0337. The Hall–Kier alpha value is -3.35. The van der Waals surface area contributed by atoms with Crippen LogP contribution in [0.25, 0.3) is 0 Å². The third-order valence-corrected chi connectivity index (χ3v) is 6.00. The molecule has 0 saturated carbocycles. The number of sulfone groups is 1. The van der Waals surface area contributed by atoms with E-state index in [-0.39, 0.29) is 24.5 Å². The second-order valence-electron chi connectivity index (χ2n) is 7.79. The lowest BCUT2D eigenvalue weighted by atomic mass is 10.0. The van der Waals surface area contributed by atoms with Crippen LogP contribution in [0.4, 0.5) is 8.78 Å². The van der Waals surface area contributed by atoms with E-state index in [1.807, 2.05) is 0 Å². The Bertz CT molecular complexity index is 1280. The van der Waals surface area contributed by atoms with Crippen molar-refractivity contribution in [3.05, 3.63) is 57.3 Å². The molecule has 0 radical (unpaired) electrons. The third kappa shape index (κ3) is 5.35. The van der Waals surface area contributed by atoms with Gasteiger partial charge in [0, 0.05) is 26.4 Å². The number of aromatic nitrogens is 2. The summed E-state index contributed by atoms with van der Waals surface area (Å²) in [6.45, 7) is -0.0398. The lowest BCUT2D eigenvalue weighted by Gasteiger charge is -2.33. The van der Waals surface area contributed by atoms with Crippen molar-refractivity contribution in [1.29, 1.82) is 0 Å². The Morgan fingerprint density at radius 3 is 2.64 bits per heavy atom. The molecule has 2 heterocycles. The van der Waals surface area contributed by atoms with Gasteiger partial charge in [0.2, 0.25) is 11.7 Å². The number of rotatable bonds is 6. The minimum atomic E-state index is -3.59. The van der Waals surface area contributed by atoms with Crippen LogP contribution >= 0.6 is 0 Å². The van der Waals surface area contributed by atoms with Gasteiger partial charge in [-0.1, -0.05) is 6.07 Å². The molecule has 10 nitrogen and oxygen atoms in total. The van der Waals surface area contributed by atoms with Gasteiger partial charge in [0.15, 0.2) is 27.2 Å². The Labute approximate surface area is 187 Å². The van der Waals surface area contributed by atoms with E-state index in [0.29, 0.717) is 12.8 Å². The number of nitrogens with one attached hydrogen (secondary N) is 1. The smallest absolute Gasteiger partial charge is 0.296 e. The van der Waals surface area contributed by atoms with Gasteiger partial charge < -0.3 is 15.3 Å². The van der Waals surface area contributed by atoms with E-state index in [2.05, 4.69) is 10.3 Å². The normalized spacial score (nSPS) is 15.6. The van der Waals surface area contributed by atoms with Gasteiger partial charge in [0.25, 0.3) is 11.5 Å². The minimum Gasteiger partial charge on any atom is -0.501 e. The van der Waals surface area contributed by atoms with Crippen molar-refractivity contribution < 1.29 is 31.9 Å². The molecule has 1 unspecified atom stereocenters. The highest BCUT2D eigenvalue weighted by Crippen LogP contribution is 2.29.